The molecule has 6 nitrogen and oxygen atoms in total. The molecule has 0 saturated heterocycles. The predicted molar refractivity (Wildman–Crippen MR) is 70.3 cm³/mol. The van der Waals surface area contributed by atoms with Crippen molar-refractivity contribution < 1.29 is 14.1 Å². The van der Waals surface area contributed by atoms with Gasteiger partial charge < -0.3 is 5.32 Å². The van der Waals surface area contributed by atoms with Gasteiger partial charge in [0.25, 0.3) is 5.91 Å². The van der Waals surface area contributed by atoms with Crippen molar-refractivity contribution in [1.29, 1.82) is 0 Å². The number of pyridine rings is 1. The van der Waals surface area contributed by atoms with Gasteiger partial charge in [0, 0.05) is 18.0 Å². The Hall–Kier alpha value is -2.54. The fraction of sp³-hybridized carbons (Fsp3) is 0. The lowest BCUT2D eigenvalue weighted by Gasteiger charge is -2.05. The van der Waals surface area contributed by atoms with E-state index in [0.29, 0.717) is 0 Å². The molecule has 0 aliphatic heterocycles. The molecule has 2 aromatic rings. The van der Waals surface area contributed by atoms with Crippen LogP contribution < -0.4 is 5.32 Å². The standard InChI is InChI=1S/C12H7ClFN3O3/c13-11-4-1-7(6-15-11)12(18)16-8-2-3-9(14)10(5-8)17(19)20/h1-6H,(H,16,18). The zero-order chi connectivity index (χ0) is 14.7. The molecule has 1 aromatic heterocycles. The summed E-state index contributed by atoms with van der Waals surface area (Å²) in [4.78, 5) is 25.3. The highest BCUT2D eigenvalue weighted by Gasteiger charge is 2.15. The van der Waals surface area contributed by atoms with Crippen molar-refractivity contribution in [3.05, 3.63) is 63.2 Å². The van der Waals surface area contributed by atoms with Gasteiger partial charge in [-0.3, -0.25) is 14.9 Å². The number of carbonyl (C=O) groups is 1. The average Bonchev–Trinajstić information content (AvgIpc) is 2.41. The normalized spacial score (nSPS) is 10.1. The third-order valence-electron chi connectivity index (χ3n) is 2.39. The second-order valence-corrected chi connectivity index (χ2v) is 4.13. The van der Waals surface area contributed by atoms with Gasteiger partial charge in [0.05, 0.1) is 10.5 Å². The van der Waals surface area contributed by atoms with Crippen LogP contribution in [0.15, 0.2) is 36.5 Å². The van der Waals surface area contributed by atoms with Crippen LogP contribution in [-0.4, -0.2) is 15.8 Å². The van der Waals surface area contributed by atoms with Crippen LogP contribution in [0.1, 0.15) is 10.4 Å². The van der Waals surface area contributed by atoms with Gasteiger partial charge in [-0.25, -0.2) is 4.98 Å². The Balaban J connectivity index is 2.21. The van der Waals surface area contributed by atoms with Crippen molar-refractivity contribution in [3.8, 4) is 0 Å². The maximum Gasteiger partial charge on any atom is 0.306 e. The number of carbonyl (C=O) groups excluding carboxylic acids is 1. The molecule has 0 atom stereocenters. The van der Waals surface area contributed by atoms with Crippen molar-refractivity contribution in [3.63, 3.8) is 0 Å². The zero-order valence-corrected chi connectivity index (χ0v) is 10.6. The van der Waals surface area contributed by atoms with Crippen LogP contribution in [0.5, 0.6) is 0 Å². The molecule has 0 spiro atoms. The fourth-order valence-corrected chi connectivity index (χ4v) is 1.56. The summed E-state index contributed by atoms with van der Waals surface area (Å²) in [6, 6.07) is 5.96. The number of nitrogens with zero attached hydrogens (tertiary/aromatic N) is 2. The molecular formula is C12H7ClFN3O3. The molecule has 0 saturated carbocycles. The molecule has 102 valence electrons. The summed E-state index contributed by atoms with van der Waals surface area (Å²) in [6.07, 6.45) is 1.26. The third kappa shape index (κ3) is 3.07. The molecule has 0 aliphatic carbocycles. The number of hydrogen-bond acceptors (Lipinski definition) is 4. The topological polar surface area (TPSA) is 85.1 Å². The van der Waals surface area contributed by atoms with E-state index in [4.69, 9.17) is 11.6 Å². The van der Waals surface area contributed by atoms with Gasteiger partial charge in [-0.05, 0) is 24.3 Å². The van der Waals surface area contributed by atoms with Crippen molar-refractivity contribution in [2.45, 2.75) is 0 Å². The lowest BCUT2D eigenvalue weighted by molar-refractivity contribution is -0.387. The van der Waals surface area contributed by atoms with Crippen molar-refractivity contribution in [1.82, 2.24) is 4.98 Å². The van der Waals surface area contributed by atoms with Gasteiger partial charge in [0.1, 0.15) is 5.15 Å². The SMILES string of the molecule is O=C(Nc1ccc(F)c([N+](=O)[O-])c1)c1ccc(Cl)nc1. The molecule has 0 bridgehead atoms. The Bertz CT molecular complexity index is 676. The highest BCUT2D eigenvalue weighted by molar-refractivity contribution is 6.29. The molecule has 1 aromatic carbocycles. The summed E-state index contributed by atoms with van der Waals surface area (Å²) in [6.45, 7) is 0. The van der Waals surface area contributed by atoms with Crippen LogP contribution >= 0.6 is 11.6 Å². The van der Waals surface area contributed by atoms with Crippen LogP contribution in [-0.2, 0) is 0 Å². The zero-order valence-electron chi connectivity index (χ0n) is 9.84. The Labute approximate surface area is 117 Å². The summed E-state index contributed by atoms with van der Waals surface area (Å²) < 4.78 is 13.1. The highest BCUT2D eigenvalue weighted by atomic mass is 35.5. The first-order valence-corrected chi connectivity index (χ1v) is 5.72. The number of rotatable bonds is 3. The summed E-state index contributed by atoms with van der Waals surface area (Å²) in [7, 11) is 0. The molecule has 0 fully saturated rings. The number of amides is 1. The van der Waals surface area contributed by atoms with E-state index >= 15 is 0 Å². The molecule has 1 heterocycles. The lowest BCUT2D eigenvalue weighted by atomic mass is 10.2. The largest absolute Gasteiger partial charge is 0.322 e. The van der Waals surface area contributed by atoms with E-state index in [1.54, 1.807) is 0 Å². The number of nitro benzene ring substituents is 1. The summed E-state index contributed by atoms with van der Waals surface area (Å²) >= 11 is 5.59. The van der Waals surface area contributed by atoms with E-state index in [9.17, 15) is 19.3 Å². The lowest BCUT2D eigenvalue weighted by Crippen LogP contribution is -2.12. The van der Waals surface area contributed by atoms with E-state index in [1.807, 2.05) is 0 Å². The van der Waals surface area contributed by atoms with Gasteiger partial charge in [-0.1, -0.05) is 11.6 Å². The smallest absolute Gasteiger partial charge is 0.306 e. The summed E-state index contributed by atoms with van der Waals surface area (Å²) in [5, 5.41) is 13.2. The minimum atomic E-state index is -0.971. The number of hydrogen-bond donors (Lipinski definition) is 1. The quantitative estimate of drug-likeness (QED) is 0.536. The van der Waals surface area contributed by atoms with Crippen molar-refractivity contribution in [2.24, 2.45) is 0 Å². The maximum absolute atomic E-state index is 13.1. The highest BCUT2D eigenvalue weighted by Crippen LogP contribution is 2.22. The van der Waals surface area contributed by atoms with E-state index in [2.05, 4.69) is 10.3 Å². The molecule has 0 aliphatic rings. The molecule has 1 amide bonds. The fourth-order valence-electron chi connectivity index (χ4n) is 1.44. The summed E-state index contributed by atoms with van der Waals surface area (Å²) in [5.41, 5.74) is -0.378. The Morgan fingerprint density at radius 1 is 1.35 bits per heavy atom. The number of aromatic nitrogens is 1. The molecule has 1 N–H and O–H groups in total. The van der Waals surface area contributed by atoms with Gasteiger partial charge in [0.2, 0.25) is 5.82 Å². The third-order valence-corrected chi connectivity index (χ3v) is 2.61. The minimum absolute atomic E-state index is 0.109. The predicted octanol–water partition coefficient (Wildman–Crippen LogP) is 3.03. The monoisotopic (exact) mass is 295 g/mol. The first kappa shape index (κ1) is 13.9. The Kier molecular flexibility index (Phi) is 3.90. The van der Waals surface area contributed by atoms with E-state index < -0.39 is 22.3 Å². The van der Waals surface area contributed by atoms with Crippen LogP contribution in [0.3, 0.4) is 0 Å². The van der Waals surface area contributed by atoms with Crippen molar-refractivity contribution >= 4 is 28.9 Å². The number of anilines is 1. The maximum atomic E-state index is 13.1. The molecule has 8 heteroatoms. The molecular weight excluding hydrogens is 289 g/mol. The number of benzene rings is 1. The van der Waals surface area contributed by atoms with E-state index in [1.165, 1.54) is 24.4 Å². The Morgan fingerprint density at radius 2 is 2.10 bits per heavy atom. The van der Waals surface area contributed by atoms with Crippen LogP contribution in [0.25, 0.3) is 0 Å². The van der Waals surface area contributed by atoms with Crippen LogP contribution in [0.4, 0.5) is 15.8 Å². The van der Waals surface area contributed by atoms with Gasteiger partial charge in [-0.2, -0.15) is 4.39 Å². The minimum Gasteiger partial charge on any atom is -0.322 e. The van der Waals surface area contributed by atoms with E-state index in [0.717, 1.165) is 12.1 Å². The molecule has 0 radical (unpaired) electrons. The van der Waals surface area contributed by atoms with Crippen molar-refractivity contribution in [2.75, 3.05) is 5.32 Å². The second-order valence-electron chi connectivity index (χ2n) is 3.75. The van der Waals surface area contributed by atoms with Crippen LogP contribution in [0.2, 0.25) is 5.15 Å². The number of nitro groups is 1. The summed E-state index contributed by atoms with van der Waals surface area (Å²) in [5.74, 6) is -1.50. The Morgan fingerprint density at radius 3 is 2.70 bits per heavy atom. The molecule has 0 unspecified atom stereocenters. The molecule has 2 rings (SSSR count). The number of nitrogens with one attached hydrogen (secondary N) is 1. The van der Waals surface area contributed by atoms with Crippen LogP contribution in [0, 0.1) is 15.9 Å². The second kappa shape index (κ2) is 5.62. The van der Waals surface area contributed by atoms with Gasteiger partial charge in [-0.15, -0.1) is 0 Å². The molecule has 20 heavy (non-hydrogen) atoms. The van der Waals surface area contributed by atoms with Gasteiger partial charge >= 0.3 is 5.69 Å². The first-order valence-electron chi connectivity index (χ1n) is 5.34. The first-order chi connectivity index (χ1) is 9.47. The number of halogens is 2. The average molecular weight is 296 g/mol. The van der Waals surface area contributed by atoms with E-state index in [-0.39, 0.29) is 16.4 Å². The van der Waals surface area contributed by atoms with Gasteiger partial charge in [0.15, 0.2) is 0 Å².